The van der Waals surface area contributed by atoms with Crippen molar-refractivity contribution >= 4 is 35.5 Å². The smallest absolute Gasteiger partial charge is 0.326 e. The zero-order valence-electron chi connectivity index (χ0n) is 16.8. The Bertz CT molecular complexity index is 709. The normalized spacial score (nSPS) is 13.7. The maximum atomic E-state index is 12.7. The number of rotatable bonds is 14. The number of imidazole rings is 1. The third-order valence-corrected chi connectivity index (χ3v) is 4.78. The molecule has 168 valence electrons. The number of hydrogen-bond donors (Lipinski definition) is 7. The van der Waals surface area contributed by atoms with Gasteiger partial charge in [0.25, 0.3) is 0 Å². The standard InChI is InChI=1S/C17H30N8O4S/c1-30-6-4-12(24-14(26)11(18)7-10-8-21-9-23-10)15(27)25-13(16(28)29)3-2-5-22-17(19)20/h8-9,11-13H,2-7,18H2,1H3,(H,21,23)(H,24,26)(H,25,27)(H,28,29)(H4,19,20,22)/t11-,12-,13-/m0/s1. The van der Waals surface area contributed by atoms with Crippen molar-refractivity contribution < 1.29 is 19.5 Å². The van der Waals surface area contributed by atoms with Crippen LogP contribution in [0, 0.1) is 0 Å². The summed E-state index contributed by atoms with van der Waals surface area (Å²) in [4.78, 5) is 47.1. The second kappa shape index (κ2) is 13.4. The van der Waals surface area contributed by atoms with Crippen LogP contribution in [-0.4, -0.2) is 75.5 Å². The number of aromatic amines is 1. The number of carboxylic acid groups (broad SMARTS) is 1. The summed E-state index contributed by atoms with van der Waals surface area (Å²) < 4.78 is 0. The first-order chi connectivity index (χ1) is 14.2. The van der Waals surface area contributed by atoms with Gasteiger partial charge in [0.05, 0.1) is 12.4 Å². The number of aliphatic imine (C=N–C) groups is 1. The number of amides is 2. The third-order valence-electron chi connectivity index (χ3n) is 4.13. The minimum Gasteiger partial charge on any atom is -0.480 e. The molecule has 1 aromatic rings. The van der Waals surface area contributed by atoms with Crippen LogP contribution in [0.4, 0.5) is 0 Å². The fourth-order valence-corrected chi connectivity index (χ4v) is 3.01. The van der Waals surface area contributed by atoms with Crippen LogP contribution in [0.3, 0.4) is 0 Å². The molecule has 0 aromatic carbocycles. The van der Waals surface area contributed by atoms with Crippen LogP contribution in [0.15, 0.2) is 17.5 Å². The Hall–Kier alpha value is -2.80. The first kappa shape index (κ1) is 25.2. The highest BCUT2D eigenvalue weighted by molar-refractivity contribution is 7.98. The molecule has 3 atom stereocenters. The van der Waals surface area contributed by atoms with Gasteiger partial charge in [0, 0.05) is 24.9 Å². The van der Waals surface area contributed by atoms with Crippen LogP contribution in [0.5, 0.6) is 0 Å². The first-order valence-corrected chi connectivity index (χ1v) is 10.7. The average molecular weight is 443 g/mol. The second-order valence-electron chi connectivity index (χ2n) is 6.58. The van der Waals surface area contributed by atoms with Crippen LogP contribution < -0.4 is 27.8 Å². The molecule has 0 saturated carbocycles. The van der Waals surface area contributed by atoms with Gasteiger partial charge in [-0.05, 0) is 31.3 Å². The Morgan fingerprint density at radius 3 is 2.50 bits per heavy atom. The van der Waals surface area contributed by atoms with Crippen molar-refractivity contribution in [1.29, 1.82) is 0 Å². The number of aliphatic carboxylic acids is 1. The topological polar surface area (TPSA) is 215 Å². The number of nitrogens with two attached hydrogens (primary N) is 3. The lowest BCUT2D eigenvalue weighted by Gasteiger charge is -2.22. The van der Waals surface area contributed by atoms with Gasteiger partial charge in [0.1, 0.15) is 12.1 Å². The Morgan fingerprint density at radius 2 is 1.93 bits per heavy atom. The number of guanidine groups is 1. The van der Waals surface area contributed by atoms with Crippen LogP contribution >= 0.6 is 11.8 Å². The minimum atomic E-state index is -1.18. The fourth-order valence-electron chi connectivity index (χ4n) is 2.54. The van der Waals surface area contributed by atoms with Gasteiger partial charge in [-0.15, -0.1) is 0 Å². The third kappa shape index (κ3) is 9.60. The van der Waals surface area contributed by atoms with E-state index in [9.17, 15) is 19.5 Å². The van der Waals surface area contributed by atoms with Crippen molar-refractivity contribution in [2.75, 3.05) is 18.6 Å². The molecule has 1 aromatic heterocycles. The molecule has 0 fully saturated rings. The zero-order valence-corrected chi connectivity index (χ0v) is 17.7. The highest BCUT2D eigenvalue weighted by Gasteiger charge is 2.27. The maximum absolute atomic E-state index is 12.7. The summed E-state index contributed by atoms with van der Waals surface area (Å²) in [5.74, 6) is -1.77. The van der Waals surface area contributed by atoms with Crippen molar-refractivity contribution in [2.24, 2.45) is 22.2 Å². The molecule has 0 unspecified atom stereocenters. The van der Waals surface area contributed by atoms with Gasteiger partial charge < -0.3 is 37.9 Å². The van der Waals surface area contributed by atoms with E-state index in [0.717, 1.165) is 0 Å². The van der Waals surface area contributed by atoms with Crippen LogP contribution in [-0.2, 0) is 20.8 Å². The number of carboxylic acids is 1. The summed E-state index contributed by atoms with van der Waals surface area (Å²) in [6, 6.07) is -2.92. The van der Waals surface area contributed by atoms with Crippen LogP contribution in [0.25, 0.3) is 0 Å². The number of H-pyrrole nitrogens is 1. The zero-order chi connectivity index (χ0) is 22.5. The fraction of sp³-hybridized carbons (Fsp3) is 0.588. The first-order valence-electron chi connectivity index (χ1n) is 9.35. The summed E-state index contributed by atoms with van der Waals surface area (Å²) in [5.41, 5.74) is 17.1. The molecule has 1 heterocycles. The van der Waals surface area contributed by atoms with Crippen LogP contribution in [0.1, 0.15) is 25.0 Å². The van der Waals surface area contributed by atoms with Crippen molar-refractivity contribution in [3.05, 3.63) is 18.2 Å². The molecule has 0 aliphatic heterocycles. The van der Waals surface area contributed by atoms with E-state index in [1.165, 1.54) is 18.1 Å². The highest BCUT2D eigenvalue weighted by atomic mass is 32.2. The number of carbonyl (C=O) groups is 3. The van der Waals surface area contributed by atoms with Crippen LogP contribution in [0.2, 0.25) is 0 Å². The van der Waals surface area contributed by atoms with Gasteiger partial charge in [-0.1, -0.05) is 0 Å². The van der Waals surface area contributed by atoms with Crippen molar-refractivity contribution in [2.45, 2.75) is 43.8 Å². The SMILES string of the molecule is CSCC[C@H](NC(=O)[C@@H](N)Cc1cnc[nH]1)C(=O)N[C@@H](CCCN=C(N)N)C(=O)O. The van der Waals surface area contributed by atoms with E-state index in [4.69, 9.17) is 17.2 Å². The van der Waals surface area contributed by atoms with Crippen molar-refractivity contribution in [1.82, 2.24) is 20.6 Å². The largest absolute Gasteiger partial charge is 0.480 e. The van der Waals surface area contributed by atoms with E-state index in [-0.39, 0.29) is 25.3 Å². The molecule has 12 nitrogen and oxygen atoms in total. The Kier molecular flexibility index (Phi) is 11.3. The molecule has 30 heavy (non-hydrogen) atoms. The number of nitrogens with one attached hydrogen (secondary N) is 3. The summed E-state index contributed by atoms with van der Waals surface area (Å²) in [5, 5.41) is 14.5. The molecule has 13 heteroatoms. The molecule has 0 saturated heterocycles. The van der Waals surface area contributed by atoms with E-state index >= 15 is 0 Å². The quantitative estimate of drug-likeness (QED) is 0.0975. The molecule has 1 rings (SSSR count). The number of nitrogens with zero attached hydrogens (tertiary/aromatic N) is 2. The average Bonchev–Trinajstić information content (AvgIpc) is 3.19. The van der Waals surface area contributed by atoms with Gasteiger partial charge >= 0.3 is 5.97 Å². The number of thioether (sulfide) groups is 1. The Morgan fingerprint density at radius 1 is 1.23 bits per heavy atom. The Labute approximate surface area is 178 Å². The molecule has 0 spiro atoms. The minimum absolute atomic E-state index is 0.0859. The van der Waals surface area contributed by atoms with Gasteiger partial charge in [-0.25, -0.2) is 9.78 Å². The van der Waals surface area contributed by atoms with E-state index in [1.54, 1.807) is 6.20 Å². The van der Waals surface area contributed by atoms with Crippen molar-refractivity contribution in [3.63, 3.8) is 0 Å². The maximum Gasteiger partial charge on any atom is 0.326 e. The van der Waals surface area contributed by atoms with Gasteiger partial charge in [0.15, 0.2) is 5.96 Å². The lowest BCUT2D eigenvalue weighted by Crippen LogP contribution is -2.55. The molecule has 2 amide bonds. The molecule has 10 N–H and O–H groups in total. The van der Waals surface area contributed by atoms with Crippen molar-refractivity contribution in [3.8, 4) is 0 Å². The van der Waals surface area contributed by atoms with Gasteiger partial charge in [0.2, 0.25) is 11.8 Å². The molecular formula is C17H30N8O4S. The van der Waals surface area contributed by atoms with Gasteiger partial charge in [-0.2, -0.15) is 11.8 Å². The predicted molar refractivity (Wildman–Crippen MR) is 115 cm³/mol. The monoisotopic (exact) mass is 442 g/mol. The highest BCUT2D eigenvalue weighted by Crippen LogP contribution is 2.05. The Balaban J connectivity index is 2.69. The predicted octanol–water partition coefficient (Wildman–Crippen LogP) is -1.86. The molecule has 0 aliphatic rings. The summed E-state index contributed by atoms with van der Waals surface area (Å²) in [6.45, 7) is 0.247. The summed E-state index contributed by atoms with van der Waals surface area (Å²) in [6.07, 6.45) is 5.97. The lowest BCUT2D eigenvalue weighted by molar-refractivity contribution is -0.142. The second-order valence-corrected chi connectivity index (χ2v) is 7.56. The van der Waals surface area contributed by atoms with E-state index in [1.807, 2.05) is 6.26 Å². The van der Waals surface area contributed by atoms with E-state index in [2.05, 4.69) is 25.6 Å². The number of carbonyl (C=O) groups excluding carboxylic acids is 2. The lowest BCUT2D eigenvalue weighted by atomic mass is 10.1. The molecule has 0 radical (unpaired) electrons. The number of aromatic nitrogens is 2. The summed E-state index contributed by atoms with van der Waals surface area (Å²) >= 11 is 1.50. The summed E-state index contributed by atoms with van der Waals surface area (Å²) in [7, 11) is 0. The van der Waals surface area contributed by atoms with Gasteiger partial charge in [-0.3, -0.25) is 14.6 Å². The molecular weight excluding hydrogens is 412 g/mol. The number of hydrogen-bond acceptors (Lipinski definition) is 7. The van der Waals surface area contributed by atoms with E-state index in [0.29, 0.717) is 24.3 Å². The molecule has 0 bridgehead atoms. The van der Waals surface area contributed by atoms with E-state index < -0.39 is 35.9 Å². The molecule has 0 aliphatic carbocycles.